The lowest BCUT2D eigenvalue weighted by molar-refractivity contribution is -0.142. The molecule has 1 heterocycles. The van der Waals surface area contributed by atoms with Crippen LogP contribution in [0.2, 0.25) is 0 Å². The van der Waals surface area contributed by atoms with Gasteiger partial charge in [0.05, 0.1) is 17.9 Å². The summed E-state index contributed by atoms with van der Waals surface area (Å²) in [6.45, 7) is 2.01. The van der Waals surface area contributed by atoms with Crippen molar-refractivity contribution in [1.29, 1.82) is 0 Å². The number of carboxylic acid groups (broad SMARTS) is 1. The fraction of sp³-hybridized carbons (Fsp3) is 0.400. The Balaban J connectivity index is 1.66. The molecule has 26 heavy (non-hydrogen) atoms. The van der Waals surface area contributed by atoms with Crippen LogP contribution in [0.15, 0.2) is 30.3 Å². The Morgan fingerprint density at radius 3 is 2.38 bits per heavy atom. The molecule has 1 aliphatic rings. The number of benzene rings is 1. The van der Waals surface area contributed by atoms with Crippen LogP contribution >= 0.6 is 11.3 Å². The average molecular weight is 373 g/mol. The number of hydrogen-bond acceptors (Lipinski definition) is 4. The summed E-state index contributed by atoms with van der Waals surface area (Å²) in [5, 5.41) is 12.1. The lowest BCUT2D eigenvalue weighted by Crippen LogP contribution is -2.38. The second-order valence-corrected chi connectivity index (χ2v) is 7.93. The highest BCUT2D eigenvalue weighted by molar-refractivity contribution is 7.14. The lowest BCUT2D eigenvalue weighted by Gasteiger charge is -2.26. The van der Waals surface area contributed by atoms with E-state index in [1.165, 1.54) is 11.3 Å². The van der Waals surface area contributed by atoms with Crippen LogP contribution in [0.5, 0.6) is 5.75 Å². The molecule has 0 unspecified atom stereocenters. The van der Waals surface area contributed by atoms with E-state index in [1.54, 1.807) is 7.11 Å². The van der Waals surface area contributed by atoms with E-state index in [0.717, 1.165) is 34.6 Å². The zero-order valence-corrected chi connectivity index (χ0v) is 15.8. The van der Waals surface area contributed by atoms with Crippen LogP contribution in [0.1, 0.15) is 40.2 Å². The van der Waals surface area contributed by atoms with Gasteiger partial charge in [0.25, 0.3) is 5.91 Å². The van der Waals surface area contributed by atoms with E-state index in [1.807, 2.05) is 37.3 Å². The third-order valence-corrected chi connectivity index (χ3v) is 6.00. The van der Waals surface area contributed by atoms with Gasteiger partial charge in [-0.25, -0.2) is 0 Å². The minimum Gasteiger partial charge on any atom is -0.497 e. The third kappa shape index (κ3) is 4.07. The number of amides is 1. The number of thiophene rings is 1. The largest absolute Gasteiger partial charge is 0.497 e. The number of carbonyl (C=O) groups is 2. The summed E-state index contributed by atoms with van der Waals surface area (Å²) in [7, 11) is 1.64. The molecule has 6 heteroatoms. The highest BCUT2D eigenvalue weighted by Gasteiger charge is 2.27. The molecule has 1 aromatic carbocycles. The molecule has 3 rings (SSSR count). The SMILES string of the molecule is COc1ccc(-c2cc(C(=O)NC3CCC(C(=O)O)CC3)sc2C)cc1. The summed E-state index contributed by atoms with van der Waals surface area (Å²) >= 11 is 1.48. The molecule has 2 aromatic rings. The van der Waals surface area contributed by atoms with Crippen molar-refractivity contribution in [3.63, 3.8) is 0 Å². The van der Waals surface area contributed by atoms with Gasteiger partial charge < -0.3 is 15.2 Å². The normalized spacial score (nSPS) is 19.8. The Morgan fingerprint density at radius 1 is 1.15 bits per heavy atom. The number of nitrogens with one attached hydrogen (secondary N) is 1. The maximum Gasteiger partial charge on any atom is 0.306 e. The fourth-order valence-corrected chi connectivity index (χ4v) is 4.34. The summed E-state index contributed by atoms with van der Waals surface area (Å²) in [6, 6.07) is 9.79. The first kappa shape index (κ1) is 18.5. The number of rotatable bonds is 5. The summed E-state index contributed by atoms with van der Waals surface area (Å²) in [5.74, 6) is -0.269. The smallest absolute Gasteiger partial charge is 0.306 e. The predicted molar refractivity (Wildman–Crippen MR) is 102 cm³/mol. The Hall–Kier alpha value is -2.34. The highest BCUT2D eigenvalue weighted by atomic mass is 32.1. The van der Waals surface area contributed by atoms with E-state index in [2.05, 4.69) is 5.32 Å². The van der Waals surface area contributed by atoms with Crippen LogP contribution in [0, 0.1) is 12.8 Å². The Bertz CT molecular complexity index is 789. The number of aryl methyl sites for hydroxylation is 1. The van der Waals surface area contributed by atoms with Gasteiger partial charge in [-0.15, -0.1) is 11.3 Å². The van der Waals surface area contributed by atoms with Crippen molar-refractivity contribution in [1.82, 2.24) is 5.32 Å². The standard InChI is InChI=1S/C20H23NO4S/c1-12-17(13-5-9-16(25-2)10-6-13)11-18(26-12)19(22)21-15-7-3-14(4-8-15)20(23)24/h5-6,9-11,14-15H,3-4,7-8H2,1-2H3,(H,21,22)(H,23,24). The van der Waals surface area contributed by atoms with E-state index in [9.17, 15) is 9.59 Å². The molecule has 1 fully saturated rings. The second kappa shape index (κ2) is 7.91. The first-order valence-corrected chi connectivity index (χ1v) is 9.58. The topological polar surface area (TPSA) is 75.6 Å². The Morgan fingerprint density at radius 2 is 1.81 bits per heavy atom. The summed E-state index contributed by atoms with van der Waals surface area (Å²) in [4.78, 5) is 25.4. The van der Waals surface area contributed by atoms with E-state index >= 15 is 0 Å². The molecule has 5 nitrogen and oxygen atoms in total. The molecule has 1 saturated carbocycles. The summed E-state index contributed by atoms with van der Waals surface area (Å²) < 4.78 is 5.19. The number of ether oxygens (including phenoxy) is 1. The van der Waals surface area contributed by atoms with Gasteiger partial charge in [0.1, 0.15) is 5.75 Å². The first-order chi connectivity index (χ1) is 12.5. The van der Waals surface area contributed by atoms with Gasteiger partial charge in [0, 0.05) is 10.9 Å². The monoisotopic (exact) mass is 373 g/mol. The molecule has 0 saturated heterocycles. The molecule has 1 aromatic heterocycles. The van der Waals surface area contributed by atoms with Crippen molar-refractivity contribution < 1.29 is 19.4 Å². The fourth-order valence-electron chi connectivity index (χ4n) is 3.39. The average Bonchev–Trinajstić information content (AvgIpc) is 3.04. The lowest BCUT2D eigenvalue weighted by atomic mass is 9.86. The van der Waals surface area contributed by atoms with Crippen molar-refractivity contribution in [2.75, 3.05) is 7.11 Å². The molecule has 0 bridgehead atoms. The molecule has 0 radical (unpaired) electrons. The highest BCUT2D eigenvalue weighted by Crippen LogP contribution is 2.32. The second-order valence-electron chi connectivity index (χ2n) is 6.67. The number of aliphatic carboxylic acids is 1. The van der Waals surface area contributed by atoms with E-state index in [0.29, 0.717) is 17.7 Å². The minimum atomic E-state index is -0.729. The van der Waals surface area contributed by atoms with Crippen molar-refractivity contribution in [2.24, 2.45) is 5.92 Å². The van der Waals surface area contributed by atoms with Crippen molar-refractivity contribution >= 4 is 23.2 Å². The zero-order valence-electron chi connectivity index (χ0n) is 15.0. The number of methoxy groups -OCH3 is 1. The van der Waals surface area contributed by atoms with Gasteiger partial charge in [-0.05, 0) is 61.9 Å². The molecular weight excluding hydrogens is 350 g/mol. The molecule has 0 atom stereocenters. The van der Waals surface area contributed by atoms with Crippen LogP contribution in [0.3, 0.4) is 0 Å². The van der Waals surface area contributed by atoms with Crippen LogP contribution in [0.25, 0.3) is 11.1 Å². The van der Waals surface area contributed by atoms with Gasteiger partial charge in [-0.1, -0.05) is 12.1 Å². The van der Waals surface area contributed by atoms with Gasteiger partial charge in [0.2, 0.25) is 0 Å². The maximum atomic E-state index is 12.6. The minimum absolute atomic E-state index is 0.0601. The predicted octanol–water partition coefficient (Wildman–Crippen LogP) is 4.11. The molecule has 1 aliphatic carbocycles. The first-order valence-electron chi connectivity index (χ1n) is 8.76. The molecule has 0 spiro atoms. The van der Waals surface area contributed by atoms with Gasteiger partial charge in [-0.2, -0.15) is 0 Å². The van der Waals surface area contributed by atoms with E-state index in [-0.39, 0.29) is 17.9 Å². The molecule has 0 aliphatic heterocycles. The Labute approximate surface area is 157 Å². The molecule has 2 N–H and O–H groups in total. The molecule has 1 amide bonds. The van der Waals surface area contributed by atoms with Gasteiger partial charge in [-0.3, -0.25) is 9.59 Å². The third-order valence-electron chi connectivity index (χ3n) is 4.95. The summed E-state index contributed by atoms with van der Waals surface area (Å²) in [5.41, 5.74) is 2.11. The van der Waals surface area contributed by atoms with Gasteiger partial charge >= 0.3 is 5.97 Å². The van der Waals surface area contributed by atoms with E-state index < -0.39 is 5.97 Å². The van der Waals surface area contributed by atoms with Crippen molar-refractivity contribution in [2.45, 2.75) is 38.6 Å². The van der Waals surface area contributed by atoms with Crippen LogP contribution < -0.4 is 10.1 Å². The number of carbonyl (C=O) groups excluding carboxylic acids is 1. The Kier molecular flexibility index (Phi) is 5.61. The summed E-state index contributed by atoms with van der Waals surface area (Å²) in [6.07, 6.45) is 2.69. The molecular formula is C20H23NO4S. The van der Waals surface area contributed by atoms with Crippen LogP contribution in [-0.2, 0) is 4.79 Å². The van der Waals surface area contributed by atoms with Gasteiger partial charge in [0.15, 0.2) is 0 Å². The number of carboxylic acids is 1. The molecule has 138 valence electrons. The number of hydrogen-bond donors (Lipinski definition) is 2. The van der Waals surface area contributed by atoms with Crippen molar-refractivity contribution in [3.05, 3.63) is 40.1 Å². The van der Waals surface area contributed by atoms with Crippen LogP contribution in [0.4, 0.5) is 0 Å². The quantitative estimate of drug-likeness (QED) is 0.827. The van der Waals surface area contributed by atoms with Crippen molar-refractivity contribution in [3.8, 4) is 16.9 Å². The van der Waals surface area contributed by atoms with Crippen LogP contribution in [-0.4, -0.2) is 30.1 Å². The zero-order chi connectivity index (χ0) is 18.7. The maximum absolute atomic E-state index is 12.6. The van der Waals surface area contributed by atoms with E-state index in [4.69, 9.17) is 9.84 Å².